The van der Waals surface area contributed by atoms with Crippen molar-refractivity contribution in [2.75, 3.05) is 17.6 Å². The van der Waals surface area contributed by atoms with E-state index in [-0.39, 0.29) is 18.0 Å². The Bertz CT molecular complexity index is 413. The lowest BCUT2D eigenvalue weighted by molar-refractivity contribution is -0.120. The first-order chi connectivity index (χ1) is 7.78. The van der Waals surface area contributed by atoms with E-state index in [1.54, 1.807) is 12.1 Å². The predicted molar refractivity (Wildman–Crippen MR) is 74.9 cm³/mol. The number of amides is 1. The van der Waals surface area contributed by atoms with E-state index in [1.165, 1.54) is 0 Å². The molecule has 0 aliphatic carbocycles. The summed E-state index contributed by atoms with van der Waals surface area (Å²) < 4.78 is 0.848. The molecule has 0 unspecified atom stereocenters. The Hall–Kier alpha value is -1.23. The number of anilines is 2. The van der Waals surface area contributed by atoms with Gasteiger partial charge in [0, 0.05) is 21.4 Å². The highest BCUT2D eigenvalue weighted by atomic mass is 79.9. The molecule has 0 radical (unpaired) electrons. The molecule has 0 atom stereocenters. The molecule has 94 valence electrons. The number of hydrogen-bond donors (Lipinski definition) is 3. The maximum absolute atomic E-state index is 11.6. The molecule has 1 amide bonds. The molecule has 1 rings (SSSR count). The highest BCUT2D eigenvalue weighted by Crippen LogP contribution is 2.24. The Morgan fingerprint density at radius 2 is 2.06 bits per heavy atom. The summed E-state index contributed by atoms with van der Waals surface area (Å²) in [6.45, 7) is 6.08. The predicted octanol–water partition coefficient (Wildman–Crippen LogP) is 2.36. The zero-order valence-electron chi connectivity index (χ0n) is 10.3. The first kappa shape index (κ1) is 13.8. The minimum Gasteiger partial charge on any atom is -0.399 e. The van der Waals surface area contributed by atoms with Crippen molar-refractivity contribution in [3.05, 3.63) is 22.7 Å². The first-order valence-electron chi connectivity index (χ1n) is 5.38. The normalized spacial score (nSPS) is 11.1. The Kier molecular flexibility index (Phi) is 4.40. The summed E-state index contributed by atoms with van der Waals surface area (Å²) in [6, 6.07) is 5.42. The second kappa shape index (κ2) is 5.40. The zero-order valence-corrected chi connectivity index (χ0v) is 11.9. The van der Waals surface area contributed by atoms with E-state index >= 15 is 0 Å². The van der Waals surface area contributed by atoms with Crippen LogP contribution in [-0.4, -0.2) is 18.0 Å². The molecular weight excluding hydrogens is 282 g/mol. The molecule has 0 saturated heterocycles. The van der Waals surface area contributed by atoms with E-state index in [2.05, 4.69) is 26.6 Å². The lowest BCUT2D eigenvalue weighted by Gasteiger charge is -2.20. The van der Waals surface area contributed by atoms with Gasteiger partial charge in [0.05, 0.1) is 6.54 Å². The number of benzene rings is 1. The Labute approximate surface area is 110 Å². The fourth-order valence-corrected chi connectivity index (χ4v) is 1.85. The number of carbonyl (C=O) groups excluding carboxylic acids is 1. The standard InChI is InChI=1S/C12H18BrN3O/c1-12(2,3)16-11(17)7-15-10-5-4-8(14)6-9(10)13/h4-6,15H,7,14H2,1-3H3,(H,16,17). The van der Waals surface area contributed by atoms with Gasteiger partial charge in [-0.05, 0) is 54.9 Å². The lowest BCUT2D eigenvalue weighted by Crippen LogP contribution is -2.43. The summed E-state index contributed by atoms with van der Waals surface area (Å²) >= 11 is 3.38. The van der Waals surface area contributed by atoms with Crippen LogP contribution in [0.4, 0.5) is 11.4 Å². The van der Waals surface area contributed by atoms with Crippen LogP contribution in [0.25, 0.3) is 0 Å². The van der Waals surface area contributed by atoms with Gasteiger partial charge in [-0.25, -0.2) is 0 Å². The van der Waals surface area contributed by atoms with Crippen LogP contribution in [0.15, 0.2) is 22.7 Å². The average molecular weight is 300 g/mol. The molecule has 4 N–H and O–H groups in total. The van der Waals surface area contributed by atoms with E-state index in [4.69, 9.17) is 5.73 Å². The van der Waals surface area contributed by atoms with Crippen molar-refractivity contribution in [1.29, 1.82) is 0 Å². The Balaban J connectivity index is 2.53. The van der Waals surface area contributed by atoms with Crippen LogP contribution in [-0.2, 0) is 4.79 Å². The van der Waals surface area contributed by atoms with Crippen LogP contribution in [0.1, 0.15) is 20.8 Å². The molecule has 0 spiro atoms. The topological polar surface area (TPSA) is 67.2 Å². The fraction of sp³-hybridized carbons (Fsp3) is 0.417. The maximum Gasteiger partial charge on any atom is 0.239 e. The molecule has 0 fully saturated rings. The average Bonchev–Trinajstić information content (AvgIpc) is 2.13. The SMILES string of the molecule is CC(C)(C)NC(=O)CNc1ccc(N)cc1Br. The van der Waals surface area contributed by atoms with Crippen molar-refractivity contribution in [2.24, 2.45) is 0 Å². The van der Waals surface area contributed by atoms with Gasteiger partial charge in [0.1, 0.15) is 0 Å². The molecule has 0 aliphatic rings. The molecule has 0 aliphatic heterocycles. The highest BCUT2D eigenvalue weighted by molar-refractivity contribution is 9.10. The van der Waals surface area contributed by atoms with Gasteiger partial charge in [-0.1, -0.05) is 0 Å². The molecule has 5 heteroatoms. The summed E-state index contributed by atoms with van der Waals surface area (Å²) in [7, 11) is 0. The van der Waals surface area contributed by atoms with Gasteiger partial charge in [-0.2, -0.15) is 0 Å². The number of carbonyl (C=O) groups is 1. The summed E-state index contributed by atoms with van der Waals surface area (Å²) in [5, 5.41) is 5.93. The maximum atomic E-state index is 11.6. The number of nitrogen functional groups attached to an aromatic ring is 1. The van der Waals surface area contributed by atoms with E-state index in [0.717, 1.165) is 10.2 Å². The van der Waals surface area contributed by atoms with Gasteiger partial charge in [0.15, 0.2) is 0 Å². The molecule has 17 heavy (non-hydrogen) atoms. The van der Waals surface area contributed by atoms with Crippen molar-refractivity contribution < 1.29 is 4.79 Å². The van der Waals surface area contributed by atoms with Crippen molar-refractivity contribution in [3.63, 3.8) is 0 Å². The largest absolute Gasteiger partial charge is 0.399 e. The number of rotatable bonds is 3. The fourth-order valence-electron chi connectivity index (χ4n) is 1.31. The van der Waals surface area contributed by atoms with Gasteiger partial charge in [0.2, 0.25) is 5.91 Å². The number of nitrogens with two attached hydrogens (primary N) is 1. The second-order valence-corrected chi connectivity index (χ2v) is 5.75. The highest BCUT2D eigenvalue weighted by Gasteiger charge is 2.13. The van der Waals surface area contributed by atoms with Crippen LogP contribution in [0.5, 0.6) is 0 Å². The molecule has 0 aromatic heterocycles. The Morgan fingerprint density at radius 3 is 2.59 bits per heavy atom. The molecule has 0 saturated carbocycles. The van der Waals surface area contributed by atoms with E-state index in [0.29, 0.717) is 5.69 Å². The van der Waals surface area contributed by atoms with Crippen molar-refractivity contribution in [3.8, 4) is 0 Å². The molecule has 1 aromatic rings. The van der Waals surface area contributed by atoms with Gasteiger partial charge < -0.3 is 16.4 Å². The lowest BCUT2D eigenvalue weighted by atomic mass is 10.1. The third kappa shape index (κ3) is 5.08. The van der Waals surface area contributed by atoms with Gasteiger partial charge >= 0.3 is 0 Å². The number of halogens is 1. The van der Waals surface area contributed by atoms with Crippen LogP contribution in [0, 0.1) is 0 Å². The third-order valence-corrected chi connectivity index (χ3v) is 2.60. The minimum absolute atomic E-state index is 0.0405. The first-order valence-corrected chi connectivity index (χ1v) is 6.17. The van der Waals surface area contributed by atoms with E-state index in [1.807, 2.05) is 26.8 Å². The zero-order chi connectivity index (χ0) is 13.1. The number of nitrogens with one attached hydrogen (secondary N) is 2. The van der Waals surface area contributed by atoms with Crippen LogP contribution >= 0.6 is 15.9 Å². The quantitative estimate of drug-likeness (QED) is 0.751. The molecule has 0 heterocycles. The summed E-state index contributed by atoms with van der Waals surface area (Å²) in [6.07, 6.45) is 0. The van der Waals surface area contributed by atoms with Crippen molar-refractivity contribution >= 4 is 33.2 Å². The van der Waals surface area contributed by atoms with Crippen LogP contribution in [0.3, 0.4) is 0 Å². The van der Waals surface area contributed by atoms with E-state index < -0.39 is 0 Å². The van der Waals surface area contributed by atoms with Crippen molar-refractivity contribution in [2.45, 2.75) is 26.3 Å². The monoisotopic (exact) mass is 299 g/mol. The number of hydrogen-bond acceptors (Lipinski definition) is 3. The van der Waals surface area contributed by atoms with Crippen molar-refractivity contribution in [1.82, 2.24) is 5.32 Å². The minimum atomic E-state index is -0.211. The van der Waals surface area contributed by atoms with Gasteiger partial charge in [-0.3, -0.25) is 4.79 Å². The van der Waals surface area contributed by atoms with Gasteiger partial charge in [-0.15, -0.1) is 0 Å². The Morgan fingerprint density at radius 1 is 1.41 bits per heavy atom. The third-order valence-electron chi connectivity index (χ3n) is 1.95. The molecule has 1 aromatic carbocycles. The summed E-state index contributed by atoms with van der Waals surface area (Å²) in [4.78, 5) is 11.6. The molecule has 0 bridgehead atoms. The molecular formula is C12H18BrN3O. The summed E-state index contributed by atoms with van der Waals surface area (Å²) in [5.41, 5.74) is 6.95. The molecule has 4 nitrogen and oxygen atoms in total. The van der Waals surface area contributed by atoms with E-state index in [9.17, 15) is 4.79 Å². The summed E-state index contributed by atoms with van der Waals surface area (Å²) in [5.74, 6) is -0.0405. The van der Waals surface area contributed by atoms with Crippen LogP contribution in [0.2, 0.25) is 0 Å². The second-order valence-electron chi connectivity index (χ2n) is 4.89. The smallest absolute Gasteiger partial charge is 0.239 e. The van der Waals surface area contributed by atoms with Crippen LogP contribution < -0.4 is 16.4 Å². The van der Waals surface area contributed by atoms with Gasteiger partial charge in [0.25, 0.3) is 0 Å².